The number of hydrogen-bond donors (Lipinski definition) is 3. The van der Waals surface area contributed by atoms with Gasteiger partial charge in [0.1, 0.15) is 11.4 Å². The van der Waals surface area contributed by atoms with Gasteiger partial charge in [0.25, 0.3) is 0 Å². The maximum atomic E-state index is 9.47. The van der Waals surface area contributed by atoms with Gasteiger partial charge in [-0.1, -0.05) is 18.2 Å². The third-order valence-electron chi connectivity index (χ3n) is 3.28. The molecule has 0 unspecified atom stereocenters. The Balaban J connectivity index is 2.04. The van der Waals surface area contributed by atoms with E-state index in [2.05, 4.69) is 15.6 Å². The Morgan fingerprint density at radius 3 is 2.54 bits per heavy atom. The summed E-state index contributed by atoms with van der Waals surface area (Å²) in [4.78, 5) is 0. The van der Waals surface area contributed by atoms with Crippen molar-refractivity contribution in [3.05, 3.63) is 66.4 Å². The quantitative estimate of drug-likeness (QED) is 0.386. The van der Waals surface area contributed by atoms with Gasteiger partial charge in [-0.25, -0.2) is 4.68 Å². The van der Waals surface area contributed by atoms with Crippen LogP contribution in [-0.2, 0) is 0 Å². The van der Waals surface area contributed by atoms with E-state index in [-0.39, 0.29) is 10.9 Å². The summed E-state index contributed by atoms with van der Waals surface area (Å²) in [6.45, 7) is 0. The van der Waals surface area contributed by atoms with E-state index in [9.17, 15) is 5.11 Å². The molecule has 1 heterocycles. The van der Waals surface area contributed by atoms with Gasteiger partial charge in [-0.3, -0.25) is 5.43 Å². The molecule has 0 saturated heterocycles. The van der Waals surface area contributed by atoms with Crippen LogP contribution in [-0.4, -0.2) is 26.2 Å². The third-order valence-corrected chi connectivity index (χ3v) is 3.37. The second kappa shape index (κ2) is 6.93. The van der Waals surface area contributed by atoms with Crippen LogP contribution < -0.4 is 11.2 Å². The zero-order valence-corrected chi connectivity index (χ0v) is 13.4. The monoisotopic (exact) mass is 337 g/mol. The number of aromatic nitrogens is 2. The Morgan fingerprint density at radius 2 is 1.88 bits per heavy atom. The minimum Gasteiger partial charge on any atom is -0.508 e. The zero-order valence-electron chi connectivity index (χ0n) is 12.6. The number of nitrogens with one attached hydrogen (secondary N) is 1. The minimum atomic E-state index is 0.0906. The maximum absolute atomic E-state index is 9.47. The van der Waals surface area contributed by atoms with E-state index < -0.39 is 0 Å². The molecule has 3 rings (SSSR count). The molecule has 0 fully saturated rings. The zero-order chi connectivity index (χ0) is 16.9. The number of para-hydroxylation sites is 1. The van der Waals surface area contributed by atoms with Gasteiger partial charge in [-0.05, 0) is 48.6 Å². The van der Waals surface area contributed by atoms with E-state index in [1.165, 1.54) is 0 Å². The second-order valence-corrected chi connectivity index (χ2v) is 5.43. The van der Waals surface area contributed by atoms with Crippen LogP contribution in [0.3, 0.4) is 0 Å². The number of phenols is 1. The summed E-state index contributed by atoms with van der Waals surface area (Å²) in [6.07, 6.45) is 3.47. The van der Waals surface area contributed by atoms with Crippen molar-refractivity contribution in [3.63, 3.8) is 0 Å². The van der Waals surface area contributed by atoms with Crippen LogP contribution in [0.5, 0.6) is 5.75 Å². The molecule has 4 N–H and O–H groups in total. The van der Waals surface area contributed by atoms with Crippen LogP contribution >= 0.6 is 12.2 Å². The first-order valence-corrected chi connectivity index (χ1v) is 7.57. The summed E-state index contributed by atoms with van der Waals surface area (Å²) in [5, 5.41) is 18.2. The van der Waals surface area contributed by atoms with E-state index in [1.54, 1.807) is 35.2 Å². The standard InChI is InChI=1S/C17H15N5OS/c18-17(24)20-19-10-13-11-22(14-4-2-1-3-5-14)21-16(13)12-6-8-15(23)9-7-12/h1-11,23H,(H3,18,20,24)/b19-10-. The van der Waals surface area contributed by atoms with Crippen molar-refractivity contribution in [2.45, 2.75) is 0 Å². The van der Waals surface area contributed by atoms with Gasteiger partial charge in [0.2, 0.25) is 0 Å². The molecule has 0 aliphatic rings. The van der Waals surface area contributed by atoms with Crippen molar-refractivity contribution in [2.24, 2.45) is 10.8 Å². The van der Waals surface area contributed by atoms with Crippen LogP contribution in [0.2, 0.25) is 0 Å². The number of nitrogens with two attached hydrogens (primary N) is 1. The molecule has 1 aromatic heterocycles. The number of hydrazone groups is 1. The Labute approximate surface area is 144 Å². The predicted molar refractivity (Wildman–Crippen MR) is 98.2 cm³/mol. The Bertz CT molecular complexity index is 872. The number of hydrogen-bond acceptors (Lipinski definition) is 4. The lowest BCUT2D eigenvalue weighted by atomic mass is 10.1. The number of phenolic OH excluding ortho intramolecular Hbond substituents is 1. The summed E-state index contributed by atoms with van der Waals surface area (Å²) >= 11 is 4.74. The van der Waals surface area contributed by atoms with Crippen molar-refractivity contribution < 1.29 is 5.11 Å². The molecule has 24 heavy (non-hydrogen) atoms. The first kappa shape index (κ1) is 15.7. The fourth-order valence-electron chi connectivity index (χ4n) is 2.20. The largest absolute Gasteiger partial charge is 0.508 e. The lowest BCUT2D eigenvalue weighted by Gasteiger charge is -2.00. The van der Waals surface area contributed by atoms with E-state index in [4.69, 9.17) is 18.0 Å². The lowest BCUT2D eigenvalue weighted by molar-refractivity contribution is 0.475. The van der Waals surface area contributed by atoms with E-state index in [0.29, 0.717) is 0 Å². The summed E-state index contributed by atoms with van der Waals surface area (Å²) in [5.74, 6) is 0.201. The first-order valence-electron chi connectivity index (χ1n) is 7.16. The van der Waals surface area contributed by atoms with Gasteiger partial charge < -0.3 is 10.8 Å². The molecule has 0 saturated carbocycles. The third kappa shape index (κ3) is 3.58. The average molecular weight is 337 g/mol. The summed E-state index contributed by atoms with van der Waals surface area (Å²) in [6, 6.07) is 16.6. The highest BCUT2D eigenvalue weighted by Gasteiger charge is 2.11. The number of benzene rings is 2. The lowest BCUT2D eigenvalue weighted by Crippen LogP contribution is -2.24. The normalized spacial score (nSPS) is 10.8. The summed E-state index contributed by atoms with van der Waals surface area (Å²) in [7, 11) is 0. The van der Waals surface area contributed by atoms with E-state index in [1.807, 2.05) is 36.5 Å². The smallest absolute Gasteiger partial charge is 0.184 e. The van der Waals surface area contributed by atoms with Crippen LogP contribution in [0.15, 0.2) is 65.9 Å². The van der Waals surface area contributed by atoms with Gasteiger partial charge in [0.05, 0.1) is 11.9 Å². The van der Waals surface area contributed by atoms with Crippen LogP contribution in [0.1, 0.15) is 5.56 Å². The fourth-order valence-corrected chi connectivity index (χ4v) is 2.26. The molecule has 7 heteroatoms. The molecule has 0 bridgehead atoms. The summed E-state index contributed by atoms with van der Waals surface area (Å²) in [5.41, 5.74) is 11.2. The topological polar surface area (TPSA) is 88.5 Å². The van der Waals surface area contributed by atoms with Crippen LogP contribution in [0.4, 0.5) is 0 Å². The van der Waals surface area contributed by atoms with Gasteiger partial charge in [-0.15, -0.1) is 0 Å². The van der Waals surface area contributed by atoms with Gasteiger partial charge in [0, 0.05) is 17.3 Å². The molecule has 0 aliphatic heterocycles. The van der Waals surface area contributed by atoms with Crippen LogP contribution in [0, 0.1) is 0 Å². The number of rotatable bonds is 4. The van der Waals surface area contributed by atoms with Gasteiger partial charge in [0.15, 0.2) is 5.11 Å². The molecular formula is C17H15N5OS. The average Bonchev–Trinajstić information content (AvgIpc) is 3.00. The van der Waals surface area contributed by atoms with Crippen LogP contribution in [0.25, 0.3) is 16.9 Å². The van der Waals surface area contributed by atoms with Gasteiger partial charge in [-0.2, -0.15) is 10.2 Å². The number of nitrogens with zero attached hydrogens (tertiary/aromatic N) is 3. The summed E-state index contributed by atoms with van der Waals surface area (Å²) < 4.78 is 1.77. The van der Waals surface area contributed by atoms with Crippen molar-refractivity contribution in [2.75, 3.05) is 0 Å². The van der Waals surface area contributed by atoms with Crippen molar-refractivity contribution in [1.82, 2.24) is 15.2 Å². The molecule has 0 radical (unpaired) electrons. The van der Waals surface area contributed by atoms with Gasteiger partial charge >= 0.3 is 0 Å². The highest BCUT2D eigenvalue weighted by molar-refractivity contribution is 7.80. The molecule has 0 aliphatic carbocycles. The Morgan fingerprint density at radius 1 is 1.17 bits per heavy atom. The number of thiocarbonyl (C=S) groups is 1. The fraction of sp³-hybridized carbons (Fsp3) is 0. The molecule has 0 amide bonds. The molecule has 0 atom stereocenters. The Hall–Kier alpha value is -3.19. The van der Waals surface area contributed by atoms with Crippen molar-refractivity contribution in [1.29, 1.82) is 0 Å². The van der Waals surface area contributed by atoms with E-state index in [0.717, 1.165) is 22.5 Å². The molecular weight excluding hydrogens is 322 g/mol. The Kier molecular flexibility index (Phi) is 4.53. The molecule has 120 valence electrons. The first-order chi connectivity index (χ1) is 11.6. The van der Waals surface area contributed by atoms with Crippen molar-refractivity contribution >= 4 is 23.5 Å². The van der Waals surface area contributed by atoms with Crippen molar-refractivity contribution in [3.8, 4) is 22.7 Å². The highest BCUT2D eigenvalue weighted by atomic mass is 32.1. The molecule has 3 aromatic rings. The SMILES string of the molecule is NC(=S)N/N=C\c1cn(-c2ccccc2)nc1-c1ccc(O)cc1. The predicted octanol–water partition coefficient (Wildman–Crippen LogP) is 2.41. The molecule has 0 spiro atoms. The molecule has 6 nitrogen and oxygen atoms in total. The highest BCUT2D eigenvalue weighted by Crippen LogP contribution is 2.24. The second-order valence-electron chi connectivity index (χ2n) is 4.99. The molecule has 2 aromatic carbocycles. The van der Waals surface area contributed by atoms with E-state index >= 15 is 0 Å². The minimum absolute atomic E-state index is 0.0906. The maximum Gasteiger partial charge on any atom is 0.184 e. The number of aromatic hydroxyl groups is 1.